The quantitative estimate of drug-likeness (QED) is 0.596. The van der Waals surface area contributed by atoms with Gasteiger partial charge in [0.2, 0.25) is 5.95 Å². The molecule has 6 rings (SSSR count). The molecule has 3 aromatic heterocycles. The Bertz CT molecular complexity index is 1040. The van der Waals surface area contributed by atoms with Crippen LogP contribution in [0.4, 0.5) is 19.1 Å². The van der Waals surface area contributed by atoms with Crippen molar-refractivity contribution in [2.45, 2.75) is 40.9 Å². The number of hydrogen-bond donors (Lipinski definition) is 3. The minimum Gasteiger partial charge on any atom is -0.355 e. The van der Waals surface area contributed by atoms with E-state index in [1.165, 1.54) is 18.3 Å². The molecule has 3 aromatic rings. The van der Waals surface area contributed by atoms with E-state index in [1.54, 1.807) is 0 Å². The van der Waals surface area contributed by atoms with Crippen LogP contribution in [0.1, 0.15) is 25.0 Å². The number of aromatic amines is 1. The molecule has 0 saturated heterocycles. The van der Waals surface area contributed by atoms with Gasteiger partial charge in [-0.2, -0.15) is 18.2 Å². The number of fused-ring (bicyclic) bond motifs is 1. The second-order valence-corrected chi connectivity index (χ2v) is 8.72. The highest BCUT2D eigenvalue weighted by atomic mass is 32.2. The summed E-state index contributed by atoms with van der Waals surface area (Å²) < 4.78 is 39.3. The molecule has 28 heavy (non-hydrogen) atoms. The van der Waals surface area contributed by atoms with Crippen LogP contribution in [0.15, 0.2) is 34.4 Å². The molecule has 3 saturated carbocycles. The number of nitrogens with one attached hydrogen (secondary N) is 2. The highest BCUT2D eigenvalue weighted by Gasteiger charge is 2.65. The van der Waals surface area contributed by atoms with Crippen LogP contribution in [0.2, 0.25) is 0 Å². The monoisotopic (exact) mass is 407 g/mol. The van der Waals surface area contributed by atoms with E-state index in [-0.39, 0.29) is 15.8 Å². The molecule has 3 aliphatic rings. The molecular formula is C17H16F3N7S. The third kappa shape index (κ3) is 2.98. The van der Waals surface area contributed by atoms with Crippen LogP contribution in [-0.2, 0) is 6.18 Å². The average Bonchev–Trinajstić information content (AvgIpc) is 2.98. The van der Waals surface area contributed by atoms with Gasteiger partial charge in [0.25, 0.3) is 0 Å². The molecule has 7 nitrogen and oxygen atoms in total. The first-order chi connectivity index (χ1) is 13.2. The number of rotatable bonds is 5. The Morgan fingerprint density at radius 3 is 2.71 bits per heavy atom. The highest BCUT2D eigenvalue weighted by molar-refractivity contribution is 7.99. The first kappa shape index (κ1) is 17.7. The Morgan fingerprint density at radius 2 is 2.00 bits per heavy atom. The van der Waals surface area contributed by atoms with Gasteiger partial charge in [-0.1, -0.05) is 11.8 Å². The number of aromatic nitrogens is 5. The molecule has 0 amide bonds. The molecule has 3 fully saturated rings. The van der Waals surface area contributed by atoms with Crippen molar-refractivity contribution in [1.29, 1.82) is 0 Å². The number of nitrogens with zero attached hydrogens (tertiary/aromatic N) is 4. The first-order valence-corrected chi connectivity index (χ1v) is 9.51. The predicted molar refractivity (Wildman–Crippen MR) is 96.7 cm³/mol. The van der Waals surface area contributed by atoms with Crippen LogP contribution >= 0.6 is 11.8 Å². The lowest BCUT2D eigenvalue weighted by molar-refractivity contribution is -0.143. The Balaban J connectivity index is 1.33. The van der Waals surface area contributed by atoms with Gasteiger partial charge in [0.1, 0.15) is 5.03 Å². The van der Waals surface area contributed by atoms with Crippen molar-refractivity contribution >= 4 is 29.0 Å². The van der Waals surface area contributed by atoms with Crippen molar-refractivity contribution in [3.05, 3.63) is 30.2 Å². The summed E-state index contributed by atoms with van der Waals surface area (Å²) >= 11 is 0.863. The molecule has 4 N–H and O–H groups in total. The van der Waals surface area contributed by atoms with Gasteiger partial charge in [0.05, 0.1) is 6.20 Å². The number of imidazole rings is 1. The SMILES string of the molecule is NC12CC(CNc3nc4ncc(Sc5cccnc5C(F)(F)F)nc4[nH]3)(C1)C2. The minimum atomic E-state index is -4.53. The molecule has 0 aromatic carbocycles. The van der Waals surface area contributed by atoms with Crippen LogP contribution in [0.5, 0.6) is 0 Å². The lowest BCUT2D eigenvalue weighted by Gasteiger charge is -2.69. The van der Waals surface area contributed by atoms with Crippen LogP contribution in [0.3, 0.4) is 0 Å². The van der Waals surface area contributed by atoms with Crippen molar-refractivity contribution in [3.8, 4) is 0 Å². The van der Waals surface area contributed by atoms with Gasteiger partial charge in [-0.15, -0.1) is 0 Å². The van der Waals surface area contributed by atoms with Gasteiger partial charge in [-0.05, 0) is 36.8 Å². The molecule has 11 heteroatoms. The summed E-state index contributed by atoms with van der Waals surface area (Å²) in [6, 6.07) is 2.82. The number of alkyl halides is 3. The maximum Gasteiger partial charge on any atom is 0.434 e. The zero-order chi connectivity index (χ0) is 19.6. The summed E-state index contributed by atoms with van der Waals surface area (Å²) in [6.45, 7) is 0.776. The van der Waals surface area contributed by atoms with E-state index in [9.17, 15) is 13.2 Å². The van der Waals surface area contributed by atoms with E-state index in [1.807, 2.05) is 0 Å². The second kappa shape index (κ2) is 5.80. The molecule has 146 valence electrons. The largest absolute Gasteiger partial charge is 0.434 e. The van der Waals surface area contributed by atoms with E-state index in [4.69, 9.17) is 5.73 Å². The van der Waals surface area contributed by atoms with E-state index in [0.717, 1.165) is 43.8 Å². The van der Waals surface area contributed by atoms with Gasteiger partial charge in [0.15, 0.2) is 17.0 Å². The van der Waals surface area contributed by atoms with Crippen molar-refractivity contribution in [3.63, 3.8) is 0 Å². The molecule has 3 heterocycles. The summed E-state index contributed by atoms with van der Waals surface area (Å²) in [6.07, 6.45) is 1.07. The second-order valence-electron chi connectivity index (χ2n) is 7.66. The molecule has 2 bridgehead atoms. The highest BCUT2D eigenvalue weighted by Crippen LogP contribution is 2.65. The summed E-state index contributed by atoms with van der Waals surface area (Å²) in [5, 5.41) is 3.59. The standard InChI is InChI=1S/C17H16F3N7S/c18-17(19,20)11-9(2-1-3-22-11)28-10-4-23-12-13(25-10)27-14(26-12)24-8-15-5-16(21,6-15)7-15/h1-4H,5-8,21H2,(H2,23,24,25,26,27). The molecular weight excluding hydrogens is 391 g/mol. The predicted octanol–water partition coefficient (Wildman–Crippen LogP) is 3.21. The van der Waals surface area contributed by atoms with Gasteiger partial charge in [0, 0.05) is 23.2 Å². The summed E-state index contributed by atoms with van der Waals surface area (Å²) in [7, 11) is 0. The summed E-state index contributed by atoms with van der Waals surface area (Å²) in [4.78, 5) is 19.3. The Morgan fingerprint density at radius 1 is 1.21 bits per heavy atom. The molecule has 0 spiro atoms. The minimum absolute atomic E-state index is 0.0270. The summed E-state index contributed by atoms with van der Waals surface area (Å²) in [5.41, 5.74) is 6.27. The molecule has 0 atom stereocenters. The molecule has 3 aliphatic carbocycles. The fraction of sp³-hybridized carbons (Fsp3) is 0.412. The maximum absolute atomic E-state index is 13.1. The number of H-pyrrole nitrogens is 1. The van der Waals surface area contributed by atoms with E-state index in [2.05, 4.69) is 30.2 Å². The van der Waals surface area contributed by atoms with Gasteiger partial charge >= 0.3 is 6.18 Å². The van der Waals surface area contributed by atoms with Crippen molar-refractivity contribution in [1.82, 2.24) is 24.9 Å². The Hall–Kier alpha value is -2.40. The van der Waals surface area contributed by atoms with Crippen molar-refractivity contribution in [2.75, 3.05) is 11.9 Å². The molecule has 0 radical (unpaired) electrons. The van der Waals surface area contributed by atoms with Crippen LogP contribution in [0.25, 0.3) is 11.3 Å². The van der Waals surface area contributed by atoms with E-state index >= 15 is 0 Å². The Kier molecular flexibility index (Phi) is 3.66. The number of halogens is 3. The van der Waals surface area contributed by atoms with Crippen LogP contribution < -0.4 is 11.1 Å². The van der Waals surface area contributed by atoms with E-state index < -0.39 is 11.9 Å². The van der Waals surface area contributed by atoms with Gasteiger partial charge in [-0.25, -0.2) is 9.97 Å². The fourth-order valence-electron chi connectivity index (χ4n) is 4.25. The lowest BCUT2D eigenvalue weighted by Crippen LogP contribution is -2.74. The zero-order valence-electron chi connectivity index (χ0n) is 14.5. The van der Waals surface area contributed by atoms with Crippen molar-refractivity contribution in [2.24, 2.45) is 11.1 Å². The van der Waals surface area contributed by atoms with Crippen molar-refractivity contribution < 1.29 is 13.2 Å². The van der Waals surface area contributed by atoms with Crippen LogP contribution in [-0.4, -0.2) is 37.0 Å². The van der Waals surface area contributed by atoms with Gasteiger partial charge in [-0.3, -0.25) is 4.98 Å². The lowest BCUT2D eigenvalue weighted by atomic mass is 9.40. The fourth-order valence-corrected chi connectivity index (χ4v) is 5.13. The zero-order valence-corrected chi connectivity index (χ0v) is 15.4. The maximum atomic E-state index is 13.1. The Labute approximate surface area is 161 Å². The number of anilines is 1. The third-order valence-corrected chi connectivity index (χ3v) is 6.21. The normalized spacial score (nSPS) is 26.0. The molecule has 0 aliphatic heterocycles. The van der Waals surface area contributed by atoms with Gasteiger partial charge < -0.3 is 16.0 Å². The number of nitrogens with two attached hydrogens (primary N) is 1. The first-order valence-electron chi connectivity index (χ1n) is 8.69. The number of hydrogen-bond acceptors (Lipinski definition) is 7. The summed E-state index contributed by atoms with van der Waals surface area (Å²) in [5.74, 6) is 0.547. The third-order valence-electron chi connectivity index (χ3n) is 5.25. The topological polar surface area (TPSA) is 105 Å². The smallest absolute Gasteiger partial charge is 0.355 e. The van der Waals surface area contributed by atoms with Crippen LogP contribution in [0, 0.1) is 5.41 Å². The number of pyridine rings is 1. The molecule has 0 unspecified atom stereocenters. The van der Waals surface area contributed by atoms with E-state index in [0.29, 0.717) is 22.3 Å². The average molecular weight is 407 g/mol.